The summed E-state index contributed by atoms with van der Waals surface area (Å²) in [6, 6.07) is 0. The molecule has 3 nitrogen and oxygen atoms in total. The van der Waals surface area contributed by atoms with Gasteiger partial charge in [0.1, 0.15) is 0 Å². The van der Waals surface area contributed by atoms with E-state index in [1.165, 1.54) is 77.0 Å². The third-order valence-corrected chi connectivity index (χ3v) is 8.35. The fourth-order valence-electron chi connectivity index (χ4n) is 2.56. The quantitative estimate of drug-likeness (QED) is 0.127. The van der Waals surface area contributed by atoms with E-state index in [2.05, 4.69) is 13.8 Å². The van der Waals surface area contributed by atoms with E-state index in [1.54, 1.807) is 0 Å². The zero-order valence-corrected chi connectivity index (χ0v) is 20.6. The van der Waals surface area contributed by atoms with Crippen LogP contribution in [0.15, 0.2) is 0 Å². The van der Waals surface area contributed by atoms with Crippen LogP contribution in [0.2, 0.25) is 0 Å². The van der Waals surface area contributed by atoms with Crippen molar-refractivity contribution in [2.24, 2.45) is 0 Å². The first-order valence-corrected chi connectivity index (χ1v) is 17.0. The van der Waals surface area contributed by atoms with Crippen LogP contribution in [-0.2, 0) is 38.8 Å². The van der Waals surface area contributed by atoms with E-state index in [-0.39, 0.29) is 25.2 Å². The predicted molar refractivity (Wildman–Crippen MR) is 95.5 cm³/mol. The summed E-state index contributed by atoms with van der Waals surface area (Å²) in [7, 11) is 0. The average molecular weight is 446 g/mol. The van der Waals surface area contributed by atoms with E-state index >= 15 is 0 Å². The molecule has 0 heterocycles. The van der Waals surface area contributed by atoms with Gasteiger partial charge in [-0.1, -0.05) is 0 Å². The Balaban J connectivity index is 3.35. The van der Waals surface area contributed by atoms with Crippen molar-refractivity contribution in [1.82, 2.24) is 0 Å². The van der Waals surface area contributed by atoms with Gasteiger partial charge >= 0.3 is 160 Å². The molecular weight excluding hydrogens is 408 g/mol. The zero-order valence-electron chi connectivity index (χ0n) is 15.7. The second-order valence-corrected chi connectivity index (χ2v) is 14.9. The van der Waals surface area contributed by atoms with E-state index in [4.69, 9.17) is 9.05 Å². The van der Waals surface area contributed by atoms with Crippen molar-refractivity contribution in [1.29, 1.82) is 0 Å². The molecule has 0 amide bonds. The van der Waals surface area contributed by atoms with Gasteiger partial charge < -0.3 is 0 Å². The van der Waals surface area contributed by atoms with Gasteiger partial charge in [0, 0.05) is 0 Å². The molecule has 0 aromatic carbocycles. The average Bonchev–Trinajstić information content (AvgIpc) is 2.52. The molecule has 0 atom stereocenters. The minimum absolute atomic E-state index is 0.253. The normalized spacial score (nSPS) is 12.0. The fourth-order valence-corrected chi connectivity index (χ4v) is 5.66. The SMILES string of the molecule is CCCCCCCCCO[P](=O)([Cd])OCCCCCCCCC. The molecule has 0 aromatic rings. The van der Waals surface area contributed by atoms with Crippen molar-refractivity contribution in [3.63, 3.8) is 0 Å². The number of unbranched alkanes of at least 4 members (excludes halogenated alkanes) is 12. The minimum atomic E-state index is -2.65. The van der Waals surface area contributed by atoms with Gasteiger partial charge in [-0.3, -0.25) is 0 Å². The molecule has 0 fully saturated rings. The van der Waals surface area contributed by atoms with E-state index in [1.807, 2.05) is 0 Å². The second kappa shape index (κ2) is 17.9. The predicted octanol–water partition coefficient (Wildman–Crippen LogP) is 7.18. The Kier molecular flexibility index (Phi) is 18.7. The molecule has 0 aromatic heterocycles. The summed E-state index contributed by atoms with van der Waals surface area (Å²) < 4.78 is 20.6. The van der Waals surface area contributed by atoms with Gasteiger partial charge in [0.2, 0.25) is 0 Å². The van der Waals surface area contributed by atoms with Gasteiger partial charge in [-0.2, -0.15) is 0 Å². The van der Waals surface area contributed by atoms with E-state index in [0.29, 0.717) is 13.2 Å². The fraction of sp³-hybridized carbons (Fsp3) is 1.00. The number of hydrogen-bond donors (Lipinski definition) is 0. The molecule has 0 bridgehead atoms. The number of hydrogen-bond acceptors (Lipinski definition) is 3. The van der Waals surface area contributed by atoms with Crippen molar-refractivity contribution in [3.8, 4) is 0 Å². The van der Waals surface area contributed by atoms with Gasteiger partial charge in [-0.15, -0.1) is 0 Å². The molecular formula is C18H38CdO3P. The van der Waals surface area contributed by atoms with Crippen LogP contribution >= 0.6 is 4.71 Å². The molecule has 0 aliphatic heterocycles. The summed E-state index contributed by atoms with van der Waals surface area (Å²) in [6.45, 7) is 5.70. The van der Waals surface area contributed by atoms with E-state index < -0.39 is 4.71 Å². The second-order valence-electron chi connectivity index (χ2n) is 6.52. The number of rotatable bonds is 18. The molecule has 5 heteroatoms. The molecule has 23 heavy (non-hydrogen) atoms. The van der Waals surface area contributed by atoms with Crippen LogP contribution < -0.4 is 0 Å². The standard InChI is InChI=1S/C18H38O3P.Cd/c1-3-5-7-9-11-13-15-17-20-22(19)21-18-16-14-12-10-8-6-4-2;/h3-18H2,1-2H3;/q+1;-1. The third kappa shape index (κ3) is 19.2. The van der Waals surface area contributed by atoms with Gasteiger partial charge in [0.15, 0.2) is 0 Å². The molecule has 0 aliphatic rings. The van der Waals surface area contributed by atoms with Crippen LogP contribution in [0.5, 0.6) is 0 Å². The molecule has 0 spiro atoms. The van der Waals surface area contributed by atoms with Crippen LogP contribution in [0.1, 0.15) is 104 Å². The maximum atomic E-state index is 12.2. The van der Waals surface area contributed by atoms with Gasteiger partial charge in [-0.05, 0) is 0 Å². The van der Waals surface area contributed by atoms with Crippen LogP contribution in [0.3, 0.4) is 0 Å². The molecule has 0 aliphatic carbocycles. The molecule has 0 radical (unpaired) electrons. The Bertz CT molecular complexity index is 263. The van der Waals surface area contributed by atoms with Crippen molar-refractivity contribution in [3.05, 3.63) is 0 Å². The molecule has 0 N–H and O–H groups in total. The summed E-state index contributed by atoms with van der Waals surface area (Å²) >= 11 is 0.253. The molecule has 135 valence electrons. The topological polar surface area (TPSA) is 35.5 Å². The van der Waals surface area contributed by atoms with Crippen molar-refractivity contribution in [2.45, 2.75) is 104 Å². The van der Waals surface area contributed by atoms with Gasteiger partial charge in [0.25, 0.3) is 0 Å². The Morgan fingerprint density at radius 2 is 0.913 bits per heavy atom. The summed E-state index contributed by atoms with van der Waals surface area (Å²) in [5.74, 6) is 0. The van der Waals surface area contributed by atoms with Crippen LogP contribution in [0, 0.1) is 0 Å². The molecule has 0 saturated heterocycles. The summed E-state index contributed by atoms with van der Waals surface area (Å²) in [5, 5.41) is 0. The maximum absolute atomic E-state index is 12.2. The summed E-state index contributed by atoms with van der Waals surface area (Å²) in [5.41, 5.74) is 0. The van der Waals surface area contributed by atoms with Crippen molar-refractivity contribution in [2.75, 3.05) is 13.2 Å². The van der Waals surface area contributed by atoms with E-state index in [0.717, 1.165) is 12.8 Å². The Labute approximate surface area is 160 Å². The summed E-state index contributed by atoms with van der Waals surface area (Å²) in [4.78, 5) is 0. The molecule has 0 unspecified atom stereocenters. The third-order valence-electron chi connectivity index (χ3n) is 4.07. The van der Waals surface area contributed by atoms with Gasteiger partial charge in [-0.25, -0.2) is 0 Å². The molecule has 0 rings (SSSR count). The van der Waals surface area contributed by atoms with Crippen LogP contribution in [-0.4, -0.2) is 13.2 Å². The first-order valence-electron chi connectivity index (χ1n) is 9.86. The Morgan fingerprint density at radius 1 is 0.609 bits per heavy atom. The first kappa shape index (κ1) is 24.1. The Hall–Kier alpha value is 1.07. The van der Waals surface area contributed by atoms with Crippen LogP contribution in [0.25, 0.3) is 0 Å². The van der Waals surface area contributed by atoms with Gasteiger partial charge in [0.05, 0.1) is 0 Å². The summed E-state index contributed by atoms with van der Waals surface area (Å²) in [6.07, 6.45) is 17.6. The first-order chi connectivity index (χ1) is 11.1. The zero-order chi connectivity index (χ0) is 17.2. The monoisotopic (exact) mass is 447 g/mol. The van der Waals surface area contributed by atoms with Crippen LogP contribution in [0.4, 0.5) is 0 Å². The van der Waals surface area contributed by atoms with E-state index in [9.17, 15) is 4.57 Å². The van der Waals surface area contributed by atoms with Crippen molar-refractivity contribution < 1.29 is 38.8 Å². The Morgan fingerprint density at radius 3 is 1.26 bits per heavy atom. The molecule has 0 saturated carbocycles. The van der Waals surface area contributed by atoms with Crippen molar-refractivity contribution >= 4 is 4.71 Å².